The highest BCUT2D eigenvalue weighted by Gasteiger charge is 2.39. The maximum Gasteiger partial charge on any atom is 0.251 e. The Hall–Kier alpha value is -3.77. The number of hydrogen-bond donors (Lipinski definition) is 2. The van der Waals surface area contributed by atoms with Gasteiger partial charge in [0.25, 0.3) is 5.88 Å². The summed E-state index contributed by atoms with van der Waals surface area (Å²) in [4.78, 5) is 8.22. The summed E-state index contributed by atoms with van der Waals surface area (Å²) < 4.78 is 11.3. The molecule has 1 aliphatic rings. The number of nitrogens with zero attached hydrogens (tertiary/aromatic N) is 5. The minimum absolute atomic E-state index is 0.0104. The van der Waals surface area contributed by atoms with Crippen LogP contribution in [0.25, 0.3) is 22.5 Å². The van der Waals surface area contributed by atoms with Crippen LogP contribution in [0, 0.1) is 11.3 Å². The van der Waals surface area contributed by atoms with Gasteiger partial charge in [-0.05, 0) is 45.9 Å². The summed E-state index contributed by atoms with van der Waals surface area (Å²) in [6, 6.07) is 10.5. The Bertz CT molecular complexity index is 1240. The van der Waals surface area contributed by atoms with Crippen molar-refractivity contribution in [2.45, 2.75) is 57.7 Å². The van der Waals surface area contributed by atoms with Crippen LogP contribution in [0.15, 0.2) is 36.7 Å². The highest BCUT2D eigenvalue weighted by Crippen LogP contribution is 2.35. The van der Waals surface area contributed by atoms with E-state index in [0.717, 1.165) is 12.8 Å². The summed E-state index contributed by atoms with van der Waals surface area (Å²) in [6.07, 6.45) is 2.85. The van der Waals surface area contributed by atoms with Crippen LogP contribution in [-0.2, 0) is 0 Å². The average Bonchev–Trinajstić information content (AvgIpc) is 2.77. The van der Waals surface area contributed by atoms with Gasteiger partial charge in [0.05, 0.1) is 18.5 Å². The number of nitrogens with one attached hydrogen (secondary N) is 1. The first-order valence-electron chi connectivity index (χ1n) is 11.0. The average molecular weight is 461 g/mol. The van der Waals surface area contributed by atoms with Crippen LogP contribution in [0.3, 0.4) is 0 Å². The number of nitriles is 1. The van der Waals surface area contributed by atoms with Gasteiger partial charge >= 0.3 is 0 Å². The number of benzene rings is 1. The first-order chi connectivity index (χ1) is 16.1. The molecule has 9 nitrogen and oxygen atoms in total. The number of aromatic hydroxyl groups is 1. The summed E-state index contributed by atoms with van der Waals surface area (Å²) in [6.45, 7) is 8.53. The number of hydrogen-bond acceptors (Lipinski definition) is 9. The lowest BCUT2D eigenvalue weighted by Crippen LogP contribution is -2.60. The van der Waals surface area contributed by atoms with Crippen molar-refractivity contribution >= 4 is 0 Å². The molecule has 0 bridgehead atoms. The van der Waals surface area contributed by atoms with Gasteiger partial charge in [-0.1, -0.05) is 6.07 Å². The molecule has 1 saturated heterocycles. The quantitative estimate of drug-likeness (QED) is 0.583. The molecule has 0 atom stereocenters. The third-order valence-corrected chi connectivity index (χ3v) is 5.73. The van der Waals surface area contributed by atoms with Gasteiger partial charge in [0.1, 0.15) is 29.8 Å². The second-order valence-electron chi connectivity index (χ2n) is 9.78. The first-order valence-corrected chi connectivity index (χ1v) is 11.0. The minimum atomic E-state index is -0.103. The van der Waals surface area contributed by atoms with Crippen LogP contribution in [0.5, 0.6) is 17.5 Å². The van der Waals surface area contributed by atoms with E-state index in [-0.39, 0.29) is 34.4 Å². The van der Waals surface area contributed by atoms with Crippen LogP contribution in [0.2, 0.25) is 0 Å². The number of phenols is 1. The third kappa shape index (κ3) is 5.07. The summed E-state index contributed by atoms with van der Waals surface area (Å²) in [5.41, 5.74) is 2.18. The molecule has 34 heavy (non-hydrogen) atoms. The lowest BCUT2D eigenvalue weighted by atomic mass is 9.81. The van der Waals surface area contributed by atoms with E-state index >= 15 is 0 Å². The van der Waals surface area contributed by atoms with Gasteiger partial charge in [0.15, 0.2) is 0 Å². The van der Waals surface area contributed by atoms with Gasteiger partial charge in [-0.15, -0.1) is 10.2 Å². The Morgan fingerprint density at radius 1 is 1.03 bits per heavy atom. The van der Waals surface area contributed by atoms with E-state index in [4.69, 9.17) is 9.47 Å². The smallest absolute Gasteiger partial charge is 0.251 e. The van der Waals surface area contributed by atoms with Crippen LogP contribution < -0.4 is 14.8 Å². The van der Waals surface area contributed by atoms with Gasteiger partial charge in [-0.25, -0.2) is 9.97 Å². The largest absolute Gasteiger partial charge is 0.507 e. The van der Waals surface area contributed by atoms with Crippen molar-refractivity contribution in [1.82, 2.24) is 25.5 Å². The molecule has 1 aromatic carbocycles. The molecule has 9 heteroatoms. The molecule has 1 aliphatic heterocycles. The number of methoxy groups -OCH3 is 1. The zero-order valence-corrected chi connectivity index (χ0v) is 20.0. The third-order valence-electron chi connectivity index (χ3n) is 5.73. The Morgan fingerprint density at radius 2 is 1.76 bits per heavy atom. The summed E-state index contributed by atoms with van der Waals surface area (Å²) in [7, 11) is 1.53. The van der Waals surface area contributed by atoms with Crippen molar-refractivity contribution in [1.29, 1.82) is 5.26 Å². The maximum atomic E-state index is 10.7. The van der Waals surface area contributed by atoms with E-state index in [9.17, 15) is 10.4 Å². The monoisotopic (exact) mass is 460 g/mol. The van der Waals surface area contributed by atoms with Crippen molar-refractivity contribution in [3.05, 3.63) is 42.2 Å². The Labute approximate surface area is 198 Å². The van der Waals surface area contributed by atoms with Gasteiger partial charge in [-0.2, -0.15) is 5.26 Å². The van der Waals surface area contributed by atoms with Crippen molar-refractivity contribution in [2.75, 3.05) is 7.11 Å². The topological polar surface area (TPSA) is 126 Å². The number of phenolic OH excluding ortho intramolecular Hbond substituents is 1. The van der Waals surface area contributed by atoms with E-state index in [2.05, 4.69) is 59.2 Å². The predicted molar refractivity (Wildman–Crippen MR) is 126 cm³/mol. The van der Waals surface area contributed by atoms with E-state index < -0.39 is 0 Å². The lowest BCUT2D eigenvalue weighted by molar-refractivity contribution is 0.0522. The molecule has 2 N–H and O–H groups in total. The minimum Gasteiger partial charge on any atom is -0.507 e. The Kier molecular flexibility index (Phi) is 6.11. The van der Waals surface area contributed by atoms with Crippen molar-refractivity contribution in [3.8, 4) is 46.1 Å². The van der Waals surface area contributed by atoms with E-state index in [1.165, 1.54) is 13.4 Å². The molecule has 176 valence electrons. The summed E-state index contributed by atoms with van der Waals surface area (Å²) in [5.74, 6) is 0.618. The normalized spacial score (nSPS) is 17.1. The fourth-order valence-electron chi connectivity index (χ4n) is 4.67. The fraction of sp³-hybridized carbons (Fsp3) is 0.400. The molecule has 0 unspecified atom stereocenters. The van der Waals surface area contributed by atoms with Crippen LogP contribution in [0.1, 0.15) is 46.1 Å². The second-order valence-corrected chi connectivity index (χ2v) is 9.78. The SMILES string of the molecule is COc1cc(-c2ccc(-c3cc(C#N)c(OC4CC(C)(C)NC(C)(C)C4)nn3)c(O)c2)ncn1. The molecule has 3 heterocycles. The highest BCUT2D eigenvalue weighted by atomic mass is 16.5. The molecule has 0 radical (unpaired) electrons. The zero-order valence-electron chi connectivity index (χ0n) is 20.0. The number of aromatic nitrogens is 4. The van der Waals surface area contributed by atoms with E-state index in [1.807, 2.05) is 0 Å². The summed E-state index contributed by atoms with van der Waals surface area (Å²) in [5, 5.41) is 32.5. The number of ether oxygens (including phenoxy) is 2. The molecule has 0 spiro atoms. The second kappa shape index (κ2) is 8.88. The molecular formula is C25H28N6O3. The van der Waals surface area contributed by atoms with Crippen LogP contribution in [-0.4, -0.2) is 49.6 Å². The van der Waals surface area contributed by atoms with Gasteiger partial charge < -0.3 is 19.9 Å². The molecule has 0 aliphatic carbocycles. The molecule has 3 aromatic rings. The molecule has 0 saturated carbocycles. The molecule has 4 rings (SSSR count). The fourth-order valence-corrected chi connectivity index (χ4v) is 4.67. The van der Waals surface area contributed by atoms with E-state index in [1.54, 1.807) is 30.3 Å². The van der Waals surface area contributed by atoms with Crippen LogP contribution >= 0.6 is 0 Å². The Balaban J connectivity index is 1.60. The van der Waals surface area contributed by atoms with Gasteiger partial charge in [-0.3, -0.25) is 0 Å². The van der Waals surface area contributed by atoms with Crippen molar-refractivity contribution in [2.24, 2.45) is 0 Å². The first kappa shape index (κ1) is 23.4. The van der Waals surface area contributed by atoms with Gasteiger partial charge in [0.2, 0.25) is 5.88 Å². The predicted octanol–water partition coefficient (Wildman–Crippen LogP) is 3.87. The van der Waals surface area contributed by atoms with Crippen molar-refractivity contribution < 1.29 is 14.6 Å². The Morgan fingerprint density at radius 3 is 2.41 bits per heavy atom. The molecule has 2 aromatic heterocycles. The van der Waals surface area contributed by atoms with Gasteiger partial charge in [0, 0.05) is 41.1 Å². The number of rotatable bonds is 5. The summed E-state index contributed by atoms with van der Waals surface area (Å²) >= 11 is 0. The zero-order chi connectivity index (χ0) is 24.5. The maximum absolute atomic E-state index is 10.7. The van der Waals surface area contributed by atoms with Crippen LogP contribution in [0.4, 0.5) is 0 Å². The van der Waals surface area contributed by atoms with Crippen molar-refractivity contribution in [3.63, 3.8) is 0 Å². The highest BCUT2D eigenvalue weighted by molar-refractivity contribution is 5.73. The number of piperidine rings is 1. The standard InChI is InChI=1S/C25H28N6O3/c1-24(2)11-17(12-25(3,4)31-24)34-23-16(13-26)8-20(29-30-23)18-7-6-15(9-21(18)32)19-10-22(33-5)28-14-27-19/h6-10,14,17,31-32H,11-12H2,1-5H3. The molecular weight excluding hydrogens is 432 g/mol. The molecule has 1 fully saturated rings. The lowest BCUT2D eigenvalue weighted by Gasteiger charge is -2.46. The molecule has 0 amide bonds. The van der Waals surface area contributed by atoms with E-state index in [0.29, 0.717) is 28.4 Å².